The van der Waals surface area contributed by atoms with Gasteiger partial charge in [-0.05, 0) is 43.2 Å². The lowest BCUT2D eigenvalue weighted by Crippen LogP contribution is -2.13. The van der Waals surface area contributed by atoms with Crippen molar-refractivity contribution in [2.75, 3.05) is 19.0 Å². The predicted molar refractivity (Wildman–Crippen MR) is 110 cm³/mol. The molecule has 0 aliphatic carbocycles. The van der Waals surface area contributed by atoms with Crippen LogP contribution in [0.25, 0.3) is 22.2 Å². The van der Waals surface area contributed by atoms with E-state index >= 15 is 0 Å². The largest absolute Gasteiger partial charge is 0.497 e. The van der Waals surface area contributed by atoms with Crippen LogP contribution in [0.5, 0.6) is 5.75 Å². The number of fused-ring (bicyclic) bond motifs is 1. The molecule has 3 aromatic rings. The van der Waals surface area contributed by atoms with E-state index in [0.29, 0.717) is 24.4 Å². The van der Waals surface area contributed by atoms with Gasteiger partial charge in [0.15, 0.2) is 0 Å². The van der Waals surface area contributed by atoms with Crippen LogP contribution in [0.4, 0.5) is 10.5 Å². The molecular formula is C22H23N3O3. The van der Waals surface area contributed by atoms with Gasteiger partial charge in [-0.1, -0.05) is 19.1 Å². The normalized spacial score (nSPS) is 10.5. The lowest BCUT2D eigenvalue weighted by Gasteiger charge is -2.10. The maximum atomic E-state index is 11.7. The highest BCUT2D eigenvalue weighted by Crippen LogP contribution is 2.35. The van der Waals surface area contributed by atoms with Gasteiger partial charge in [0, 0.05) is 23.7 Å². The number of anilines is 1. The third-order valence-electron chi connectivity index (χ3n) is 4.54. The Kier molecular flexibility index (Phi) is 5.85. The number of nitrogens with one attached hydrogen (secondary N) is 1. The minimum Gasteiger partial charge on any atom is -0.497 e. The van der Waals surface area contributed by atoms with E-state index in [9.17, 15) is 10.1 Å². The van der Waals surface area contributed by atoms with Crippen molar-refractivity contribution in [3.8, 4) is 23.1 Å². The van der Waals surface area contributed by atoms with Crippen LogP contribution in [0, 0.1) is 11.3 Å². The highest BCUT2D eigenvalue weighted by atomic mass is 16.5. The van der Waals surface area contributed by atoms with E-state index in [1.165, 1.54) is 0 Å². The van der Waals surface area contributed by atoms with E-state index in [1.54, 1.807) is 7.11 Å². The molecule has 0 radical (unpaired) electrons. The fraction of sp³-hybridized carbons (Fsp3) is 0.273. The van der Waals surface area contributed by atoms with Gasteiger partial charge in [0.2, 0.25) is 0 Å². The Labute approximate surface area is 164 Å². The number of carbonyl (C=O) groups excluding carboxylic acids is 1. The molecule has 1 heterocycles. The zero-order chi connectivity index (χ0) is 20.1. The number of aryl methyl sites for hydroxylation is 1. The third-order valence-corrected chi connectivity index (χ3v) is 4.54. The van der Waals surface area contributed by atoms with Crippen LogP contribution in [0.3, 0.4) is 0 Å². The molecule has 0 aliphatic rings. The molecule has 28 heavy (non-hydrogen) atoms. The van der Waals surface area contributed by atoms with Crippen molar-refractivity contribution in [2.24, 2.45) is 0 Å². The molecule has 6 nitrogen and oxygen atoms in total. The summed E-state index contributed by atoms with van der Waals surface area (Å²) in [5.41, 5.74) is 3.99. The average Bonchev–Trinajstić information content (AvgIpc) is 3.05. The number of hydrogen-bond donors (Lipinski definition) is 1. The van der Waals surface area contributed by atoms with Crippen LogP contribution >= 0.6 is 0 Å². The van der Waals surface area contributed by atoms with Crippen molar-refractivity contribution in [3.63, 3.8) is 0 Å². The number of benzene rings is 2. The van der Waals surface area contributed by atoms with Gasteiger partial charge in [0.25, 0.3) is 0 Å². The summed E-state index contributed by atoms with van der Waals surface area (Å²) >= 11 is 0. The number of hydrogen-bond acceptors (Lipinski definition) is 4. The lowest BCUT2D eigenvalue weighted by atomic mass is 10.1. The number of methoxy groups -OCH3 is 1. The molecule has 1 N–H and O–H groups in total. The first-order valence-electron chi connectivity index (χ1n) is 9.27. The van der Waals surface area contributed by atoms with Crippen LogP contribution in [0.1, 0.15) is 25.8 Å². The fourth-order valence-corrected chi connectivity index (χ4v) is 3.26. The third kappa shape index (κ3) is 3.65. The lowest BCUT2D eigenvalue weighted by molar-refractivity contribution is 0.161. The summed E-state index contributed by atoms with van der Waals surface area (Å²) in [7, 11) is 1.63. The molecule has 0 atom stereocenters. The fourth-order valence-electron chi connectivity index (χ4n) is 3.26. The van der Waals surface area contributed by atoms with Crippen molar-refractivity contribution >= 4 is 22.7 Å². The second kappa shape index (κ2) is 8.49. The van der Waals surface area contributed by atoms with Gasteiger partial charge in [-0.3, -0.25) is 5.32 Å². The maximum Gasteiger partial charge on any atom is 0.411 e. The Balaban J connectivity index is 2.01. The highest BCUT2D eigenvalue weighted by Gasteiger charge is 2.18. The van der Waals surface area contributed by atoms with Crippen molar-refractivity contribution in [1.29, 1.82) is 5.26 Å². The smallest absolute Gasteiger partial charge is 0.411 e. The number of carbonyl (C=O) groups is 1. The van der Waals surface area contributed by atoms with Crippen LogP contribution in [0.2, 0.25) is 0 Å². The quantitative estimate of drug-likeness (QED) is 0.643. The number of ether oxygens (including phenoxy) is 2. The average molecular weight is 377 g/mol. The Morgan fingerprint density at radius 2 is 1.93 bits per heavy atom. The van der Waals surface area contributed by atoms with Gasteiger partial charge in [-0.2, -0.15) is 5.26 Å². The van der Waals surface area contributed by atoms with Crippen LogP contribution < -0.4 is 10.1 Å². The second-order valence-electron chi connectivity index (χ2n) is 6.30. The number of amides is 1. The summed E-state index contributed by atoms with van der Waals surface area (Å²) in [6.07, 6.45) is 0.303. The molecule has 0 bridgehead atoms. The standard InChI is InChI=1S/C22H23N3O3/c1-4-12-28-22(26)24-16-8-6-15(7-9-16)21-19(14-23)18-11-10-17(27-3)13-20(18)25(21)5-2/h6-11,13H,4-5,12H2,1-3H3,(H,24,26). The van der Waals surface area contributed by atoms with Gasteiger partial charge in [0.05, 0.1) is 30.5 Å². The van der Waals surface area contributed by atoms with Gasteiger partial charge in [-0.15, -0.1) is 0 Å². The first-order chi connectivity index (χ1) is 13.6. The second-order valence-corrected chi connectivity index (χ2v) is 6.30. The highest BCUT2D eigenvalue weighted by molar-refractivity contribution is 5.95. The molecule has 0 spiro atoms. The number of nitrogens with zero attached hydrogens (tertiary/aromatic N) is 2. The molecule has 0 saturated heterocycles. The first-order valence-corrected chi connectivity index (χ1v) is 9.27. The molecule has 1 aromatic heterocycles. The molecule has 144 valence electrons. The molecule has 0 unspecified atom stereocenters. The van der Waals surface area contributed by atoms with E-state index in [2.05, 4.69) is 16.0 Å². The summed E-state index contributed by atoms with van der Waals surface area (Å²) in [4.78, 5) is 11.7. The number of nitriles is 1. The van der Waals surface area contributed by atoms with E-state index < -0.39 is 6.09 Å². The van der Waals surface area contributed by atoms with Crippen molar-refractivity contribution < 1.29 is 14.3 Å². The molecule has 6 heteroatoms. The van der Waals surface area contributed by atoms with E-state index in [0.717, 1.165) is 34.3 Å². The molecule has 0 aliphatic heterocycles. The monoisotopic (exact) mass is 377 g/mol. The Morgan fingerprint density at radius 3 is 2.54 bits per heavy atom. The van der Waals surface area contributed by atoms with Crippen LogP contribution in [-0.2, 0) is 11.3 Å². The SMILES string of the molecule is CCCOC(=O)Nc1ccc(-c2c(C#N)c3ccc(OC)cc3n2CC)cc1. The van der Waals surface area contributed by atoms with E-state index in [-0.39, 0.29) is 0 Å². The topological polar surface area (TPSA) is 76.3 Å². The zero-order valence-corrected chi connectivity index (χ0v) is 16.3. The van der Waals surface area contributed by atoms with Gasteiger partial charge < -0.3 is 14.0 Å². The summed E-state index contributed by atoms with van der Waals surface area (Å²) in [6.45, 7) is 5.08. The Bertz CT molecular complexity index is 1030. The van der Waals surface area contributed by atoms with E-state index in [1.807, 2.05) is 56.3 Å². The summed E-state index contributed by atoms with van der Waals surface area (Å²) in [5, 5.41) is 13.4. The van der Waals surface area contributed by atoms with Gasteiger partial charge >= 0.3 is 6.09 Å². The molecule has 0 saturated carbocycles. The number of aromatic nitrogens is 1. The molecular weight excluding hydrogens is 354 g/mol. The zero-order valence-electron chi connectivity index (χ0n) is 16.3. The predicted octanol–water partition coefficient (Wildman–Crippen LogP) is 5.17. The first kappa shape index (κ1) is 19.3. The Hall–Kier alpha value is -3.46. The van der Waals surface area contributed by atoms with E-state index in [4.69, 9.17) is 9.47 Å². The summed E-state index contributed by atoms with van der Waals surface area (Å²) < 4.78 is 12.5. The molecule has 1 amide bonds. The summed E-state index contributed by atoms with van der Waals surface area (Å²) in [6, 6.07) is 15.5. The molecule has 2 aromatic carbocycles. The van der Waals surface area contributed by atoms with Gasteiger partial charge in [-0.25, -0.2) is 4.79 Å². The summed E-state index contributed by atoms with van der Waals surface area (Å²) in [5.74, 6) is 0.751. The maximum absolute atomic E-state index is 11.7. The molecule has 3 rings (SSSR count). The van der Waals surface area contributed by atoms with Crippen molar-refractivity contribution in [1.82, 2.24) is 4.57 Å². The van der Waals surface area contributed by atoms with Crippen molar-refractivity contribution in [3.05, 3.63) is 48.0 Å². The minimum atomic E-state index is -0.470. The number of rotatable bonds is 6. The van der Waals surface area contributed by atoms with Gasteiger partial charge in [0.1, 0.15) is 11.8 Å². The van der Waals surface area contributed by atoms with Crippen LogP contribution in [0.15, 0.2) is 42.5 Å². The van der Waals surface area contributed by atoms with Crippen LogP contribution in [-0.4, -0.2) is 24.4 Å². The van der Waals surface area contributed by atoms with Crippen molar-refractivity contribution in [2.45, 2.75) is 26.8 Å². The Morgan fingerprint density at radius 1 is 1.18 bits per heavy atom. The molecule has 0 fully saturated rings. The minimum absolute atomic E-state index is 0.384.